The summed E-state index contributed by atoms with van der Waals surface area (Å²) in [6, 6.07) is 2.32. The molecule has 0 spiro atoms. The third-order valence-corrected chi connectivity index (χ3v) is 1.62. The SMILES string of the molecule is C=C(C#N)[C@H]1CCCN1. The standard InChI is InChI=1S/C7H10N2/c1-6(5-8)7-3-2-4-9-7/h7,9H,1-4H2/t7-/m1/s1. The number of rotatable bonds is 1. The third-order valence-electron chi connectivity index (χ3n) is 1.62. The highest BCUT2D eigenvalue weighted by Crippen LogP contribution is 2.10. The molecule has 2 nitrogen and oxygen atoms in total. The Balaban J connectivity index is 2.44. The van der Waals surface area contributed by atoms with Crippen LogP contribution in [0.5, 0.6) is 0 Å². The average molecular weight is 122 g/mol. The second-order valence-electron chi connectivity index (χ2n) is 2.29. The van der Waals surface area contributed by atoms with Crippen molar-refractivity contribution in [2.75, 3.05) is 6.54 Å². The van der Waals surface area contributed by atoms with E-state index in [1.165, 1.54) is 6.42 Å². The van der Waals surface area contributed by atoms with Crippen molar-refractivity contribution in [3.63, 3.8) is 0 Å². The van der Waals surface area contributed by atoms with E-state index >= 15 is 0 Å². The van der Waals surface area contributed by atoms with Gasteiger partial charge in [0.25, 0.3) is 0 Å². The van der Waals surface area contributed by atoms with E-state index in [1.54, 1.807) is 0 Å². The molecule has 1 fully saturated rings. The van der Waals surface area contributed by atoms with Gasteiger partial charge in [-0.1, -0.05) is 6.58 Å². The molecule has 0 aliphatic carbocycles. The van der Waals surface area contributed by atoms with Crippen LogP contribution in [0, 0.1) is 11.3 Å². The Morgan fingerprint density at radius 3 is 3.00 bits per heavy atom. The molecule has 1 N–H and O–H groups in total. The molecule has 0 aromatic heterocycles. The summed E-state index contributed by atoms with van der Waals surface area (Å²) in [6.45, 7) is 4.66. The number of nitrogens with zero attached hydrogens (tertiary/aromatic N) is 1. The van der Waals surface area contributed by atoms with Crippen LogP contribution in [0.3, 0.4) is 0 Å². The largest absolute Gasteiger partial charge is 0.309 e. The molecule has 2 heteroatoms. The first-order chi connectivity index (χ1) is 4.34. The summed E-state index contributed by atoms with van der Waals surface area (Å²) in [5, 5.41) is 11.6. The third kappa shape index (κ3) is 1.30. The molecule has 0 aromatic carbocycles. The monoisotopic (exact) mass is 122 g/mol. The Bertz CT molecular complexity index is 149. The molecular weight excluding hydrogens is 112 g/mol. The minimum Gasteiger partial charge on any atom is -0.309 e. The van der Waals surface area contributed by atoms with Gasteiger partial charge in [-0.25, -0.2) is 0 Å². The van der Waals surface area contributed by atoms with Crippen molar-refractivity contribution in [2.24, 2.45) is 0 Å². The first kappa shape index (κ1) is 6.31. The zero-order valence-corrected chi connectivity index (χ0v) is 5.35. The van der Waals surface area contributed by atoms with E-state index in [4.69, 9.17) is 5.26 Å². The molecule has 0 bridgehead atoms. The van der Waals surface area contributed by atoms with Crippen molar-refractivity contribution in [3.8, 4) is 6.07 Å². The molecule has 1 aliphatic rings. The molecule has 0 aromatic rings. The fraction of sp³-hybridized carbons (Fsp3) is 0.571. The molecule has 1 aliphatic heterocycles. The summed E-state index contributed by atoms with van der Waals surface area (Å²) in [5.41, 5.74) is 0.674. The topological polar surface area (TPSA) is 35.8 Å². The van der Waals surface area contributed by atoms with Gasteiger partial charge >= 0.3 is 0 Å². The Kier molecular flexibility index (Phi) is 1.86. The maximum Gasteiger partial charge on any atom is 0.0957 e. The number of nitrogens with one attached hydrogen (secondary N) is 1. The van der Waals surface area contributed by atoms with Crippen molar-refractivity contribution in [1.82, 2.24) is 5.32 Å². The number of hydrogen-bond acceptors (Lipinski definition) is 2. The van der Waals surface area contributed by atoms with Gasteiger partial charge in [-0.15, -0.1) is 0 Å². The zero-order chi connectivity index (χ0) is 6.69. The minimum atomic E-state index is 0.273. The summed E-state index contributed by atoms with van der Waals surface area (Å²) in [6.07, 6.45) is 2.25. The van der Waals surface area contributed by atoms with Crippen LogP contribution < -0.4 is 5.32 Å². The van der Waals surface area contributed by atoms with E-state index in [-0.39, 0.29) is 6.04 Å². The molecule has 1 saturated heterocycles. The second kappa shape index (κ2) is 2.65. The molecule has 0 amide bonds. The lowest BCUT2D eigenvalue weighted by Crippen LogP contribution is -2.22. The first-order valence-electron chi connectivity index (χ1n) is 3.17. The van der Waals surface area contributed by atoms with E-state index in [0.29, 0.717) is 5.57 Å². The quantitative estimate of drug-likeness (QED) is 0.522. The highest BCUT2D eigenvalue weighted by molar-refractivity contribution is 5.23. The Morgan fingerprint density at radius 1 is 1.78 bits per heavy atom. The van der Waals surface area contributed by atoms with Crippen molar-refractivity contribution < 1.29 is 0 Å². The predicted molar refractivity (Wildman–Crippen MR) is 35.8 cm³/mol. The lowest BCUT2D eigenvalue weighted by molar-refractivity contribution is 0.707. The van der Waals surface area contributed by atoms with Gasteiger partial charge in [0.1, 0.15) is 0 Å². The minimum absolute atomic E-state index is 0.273. The Morgan fingerprint density at radius 2 is 2.56 bits per heavy atom. The molecule has 1 rings (SSSR count). The van der Waals surface area contributed by atoms with Crippen molar-refractivity contribution >= 4 is 0 Å². The highest BCUT2D eigenvalue weighted by atomic mass is 14.9. The van der Waals surface area contributed by atoms with Gasteiger partial charge in [-0.3, -0.25) is 0 Å². The van der Waals surface area contributed by atoms with Crippen molar-refractivity contribution in [1.29, 1.82) is 5.26 Å². The van der Waals surface area contributed by atoms with Gasteiger partial charge in [0.2, 0.25) is 0 Å². The molecule has 9 heavy (non-hydrogen) atoms. The fourth-order valence-electron chi connectivity index (χ4n) is 1.06. The Labute approximate surface area is 55.2 Å². The molecule has 0 unspecified atom stereocenters. The first-order valence-corrected chi connectivity index (χ1v) is 3.17. The van der Waals surface area contributed by atoms with Crippen LogP contribution in [-0.2, 0) is 0 Å². The van der Waals surface area contributed by atoms with Crippen molar-refractivity contribution in [3.05, 3.63) is 12.2 Å². The maximum absolute atomic E-state index is 8.41. The van der Waals surface area contributed by atoms with Crippen LogP contribution in [-0.4, -0.2) is 12.6 Å². The summed E-state index contributed by atoms with van der Waals surface area (Å²) in [5.74, 6) is 0. The normalized spacial score (nSPS) is 25.4. The average Bonchev–Trinajstić information content (AvgIpc) is 2.37. The van der Waals surface area contributed by atoms with E-state index in [1.807, 2.05) is 6.07 Å². The Hall–Kier alpha value is -0.810. The molecule has 0 saturated carbocycles. The zero-order valence-electron chi connectivity index (χ0n) is 5.35. The predicted octanol–water partition coefficient (Wildman–Crippen LogP) is 0.818. The van der Waals surface area contributed by atoms with Crippen LogP contribution >= 0.6 is 0 Å². The van der Waals surface area contributed by atoms with E-state index in [0.717, 1.165) is 13.0 Å². The van der Waals surface area contributed by atoms with E-state index in [2.05, 4.69) is 11.9 Å². The summed E-state index contributed by atoms with van der Waals surface area (Å²) >= 11 is 0. The summed E-state index contributed by atoms with van der Waals surface area (Å²) < 4.78 is 0. The number of hydrogen-bond donors (Lipinski definition) is 1. The van der Waals surface area contributed by atoms with E-state index < -0.39 is 0 Å². The van der Waals surface area contributed by atoms with Crippen molar-refractivity contribution in [2.45, 2.75) is 18.9 Å². The highest BCUT2D eigenvalue weighted by Gasteiger charge is 2.15. The van der Waals surface area contributed by atoms with Gasteiger partial charge in [-0.2, -0.15) is 5.26 Å². The van der Waals surface area contributed by atoms with Crippen LogP contribution in [0.4, 0.5) is 0 Å². The fourth-order valence-corrected chi connectivity index (χ4v) is 1.06. The molecular formula is C7H10N2. The molecule has 1 heterocycles. The van der Waals surface area contributed by atoms with Crippen LogP contribution in [0.15, 0.2) is 12.2 Å². The molecule has 48 valence electrons. The van der Waals surface area contributed by atoms with Gasteiger partial charge in [-0.05, 0) is 19.4 Å². The summed E-state index contributed by atoms with van der Waals surface area (Å²) in [7, 11) is 0. The lowest BCUT2D eigenvalue weighted by Gasteiger charge is -2.04. The second-order valence-corrected chi connectivity index (χ2v) is 2.29. The van der Waals surface area contributed by atoms with Gasteiger partial charge in [0.05, 0.1) is 6.07 Å². The number of nitriles is 1. The summed E-state index contributed by atoms with van der Waals surface area (Å²) in [4.78, 5) is 0. The van der Waals surface area contributed by atoms with Crippen LogP contribution in [0.2, 0.25) is 0 Å². The van der Waals surface area contributed by atoms with Crippen LogP contribution in [0.25, 0.3) is 0 Å². The van der Waals surface area contributed by atoms with Gasteiger partial charge in [0.15, 0.2) is 0 Å². The van der Waals surface area contributed by atoms with E-state index in [9.17, 15) is 0 Å². The van der Waals surface area contributed by atoms with Crippen LogP contribution in [0.1, 0.15) is 12.8 Å². The van der Waals surface area contributed by atoms with Gasteiger partial charge in [0, 0.05) is 11.6 Å². The van der Waals surface area contributed by atoms with Gasteiger partial charge < -0.3 is 5.32 Å². The lowest BCUT2D eigenvalue weighted by atomic mass is 10.1. The smallest absolute Gasteiger partial charge is 0.0957 e. The molecule has 0 radical (unpaired) electrons. The maximum atomic E-state index is 8.41. The molecule has 1 atom stereocenters.